The van der Waals surface area contributed by atoms with E-state index in [9.17, 15) is 0 Å². The van der Waals surface area contributed by atoms with Gasteiger partial charge in [0.05, 0.1) is 0 Å². The summed E-state index contributed by atoms with van der Waals surface area (Å²) in [6.45, 7) is 2.04. The summed E-state index contributed by atoms with van der Waals surface area (Å²) in [7, 11) is 0. The number of hydrogen-bond donors (Lipinski definition) is 0. The molecule has 0 heterocycles. The van der Waals surface area contributed by atoms with Crippen LogP contribution in [0.15, 0.2) is 29.2 Å². The summed E-state index contributed by atoms with van der Waals surface area (Å²) in [4.78, 5) is 1.27. The minimum absolute atomic E-state index is 0.220. The van der Waals surface area contributed by atoms with Crippen LogP contribution in [-0.4, -0.2) is 6.26 Å². The van der Waals surface area contributed by atoms with Crippen LogP contribution < -0.4 is 0 Å². The number of rotatable bonds is 2. The molecular formula is C11H12S. The van der Waals surface area contributed by atoms with E-state index in [1.54, 1.807) is 11.8 Å². The molecule has 62 valence electrons. The van der Waals surface area contributed by atoms with Gasteiger partial charge in [-0.3, -0.25) is 0 Å². The fourth-order valence-corrected chi connectivity index (χ4v) is 1.48. The Labute approximate surface area is 78.4 Å². The predicted octanol–water partition coefficient (Wildman–Crippen LogP) is 3.15. The van der Waals surface area contributed by atoms with Gasteiger partial charge in [0.15, 0.2) is 0 Å². The second kappa shape index (κ2) is 4.23. The van der Waals surface area contributed by atoms with Crippen LogP contribution in [0.5, 0.6) is 0 Å². The molecule has 1 rings (SSSR count). The quantitative estimate of drug-likeness (QED) is 0.493. The summed E-state index contributed by atoms with van der Waals surface area (Å²) in [6, 6.07) is 8.37. The SMILES string of the molecule is C#CC(C)c1cccc(SC)c1. The summed E-state index contributed by atoms with van der Waals surface area (Å²) in [5.41, 5.74) is 1.23. The number of thioether (sulfide) groups is 1. The van der Waals surface area contributed by atoms with E-state index in [4.69, 9.17) is 6.42 Å². The normalized spacial score (nSPS) is 12.1. The Balaban J connectivity index is 2.95. The predicted molar refractivity (Wildman–Crippen MR) is 55.5 cm³/mol. The van der Waals surface area contributed by atoms with Crippen molar-refractivity contribution in [2.75, 3.05) is 6.26 Å². The van der Waals surface area contributed by atoms with Crippen LogP contribution in [0.1, 0.15) is 18.4 Å². The molecule has 0 amide bonds. The largest absolute Gasteiger partial charge is 0.130 e. The molecule has 1 atom stereocenters. The van der Waals surface area contributed by atoms with Crippen LogP contribution in [0, 0.1) is 12.3 Å². The minimum atomic E-state index is 0.220. The molecule has 12 heavy (non-hydrogen) atoms. The second-order valence-corrected chi connectivity index (χ2v) is 3.54. The highest BCUT2D eigenvalue weighted by Crippen LogP contribution is 2.20. The summed E-state index contributed by atoms with van der Waals surface area (Å²) in [6.07, 6.45) is 7.41. The number of hydrogen-bond acceptors (Lipinski definition) is 1. The molecule has 0 aliphatic rings. The Morgan fingerprint density at radius 1 is 1.50 bits per heavy atom. The van der Waals surface area contributed by atoms with Gasteiger partial charge in [-0.05, 0) is 30.9 Å². The Bertz CT molecular complexity index is 296. The third-order valence-electron chi connectivity index (χ3n) is 1.84. The Kier molecular flexibility index (Phi) is 3.25. The van der Waals surface area contributed by atoms with Gasteiger partial charge < -0.3 is 0 Å². The van der Waals surface area contributed by atoms with Crippen molar-refractivity contribution in [3.63, 3.8) is 0 Å². The lowest BCUT2D eigenvalue weighted by Crippen LogP contribution is -1.88. The summed E-state index contributed by atoms with van der Waals surface area (Å²) in [5.74, 6) is 2.94. The lowest BCUT2D eigenvalue weighted by molar-refractivity contribution is 0.998. The lowest BCUT2D eigenvalue weighted by atomic mass is 10.0. The minimum Gasteiger partial charge on any atom is -0.130 e. The van der Waals surface area contributed by atoms with Crippen molar-refractivity contribution >= 4 is 11.8 Å². The molecule has 0 N–H and O–H groups in total. The Morgan fingerprint density at radius 3 is 2.83 bits per heavy atom. The maximum Gasteiger partial charge on any atom is 0.0421 e. The first-order valence-electron chi connectivity index (χ1n) is 3.88. The fourth-order valence-electron chi connectivity index (χ4n) is 1.01. The molecule has 1 heteroatoms. The lowest BCUT2D eigenvalue weighted by Gasteiger charge is -2.05. The molecule has 0 bridgehead atoms. The number of benzene rings is 1. The average molecular weight is 176 g/mol. The van der Waals surface area contributed by atoms with Gasteiger partial charge in [-0.15, -0.1) is 18.2 Å². The van der Waals surface area contributed by atoms with Gasteiger partial charge in [0.1, 0.15) is 0 Å². The molecule has 0 nitrogen and oxygen atoms in total. The molecule has 0 spiro atoms. The van der Waals surface area contributed by atoms with Crippen LogP contribution in [0.25, 0.3) is 0 Å². The molecule has 0 aliphatic heterocycles. The first kappa shape index (κ1) is 9.22. The van der Waals surface area contributed by atoms with Gasteiger partial charge >= 0.3 is 0 Å². The molecule has 0 aliphatic carbocycles. The Morgan fingerprint density at radius 2 is 2.25 bits per heavy atom. The van der Waals surface area contributed by atoms with Gasteiger partial charge in [0.25, 0.3) is 0 Å². The van der Waals surface area contributed by atoms with Gasteiger partial charge in [-0.2, -0.15) is 0 Å². The van der Waals surface area contributed by atoms with Crippen molar-refractivity contribution in [3.05, 3.63) is 29.8 Å². The molecule has 0 aromatic heterocycles. The van der Waals surface area contributed by atoms with E-state index in [1.807, 2.05) is 6.92 Å². The van der Waals surface area contributed by atoms with Gasteiger partial charge in [-0.1, -0.05) is 18.1 Å². The fraction of sp³-hybridized carbons (Fsp3) is 0.273. The van der Waals surface area contributed by atoms with Crippen LogP contribution in [0.4, 0.5) is 0 Å². The smallest absolute Gasteiger partial charge is 0.0421 e. The molecule has 0 radical (unpaired) electrons. The zero-order valence-electron chi connectivity index (χ0n) is 7.37. The van der Waals surface area contributed by atoms with Crippen molar-refractivity contribution in [1.29, 1.82) is 0 Å². The third kappa shape index (κ3) is 2.06. The molecule has 1 aromatic rings. The first-order chi connectivity index (χ1) is 5.77. The van der Waals surface area contributed by atoms with Gasteiger partial charge in [-0.25, -0.2) is 0 Å². The topological polar surface area (TPSA) is 0 Å². The highest BCUT2D eigenvalue weighted by atomic mass is 32.2. The van der Waals surface area contributed by atoms with Crippen molar-refractivity contribution in [2.45, 2.75) is 17.7 Å². The zero-order valence-corrected chi connectivity index (χ0v) is 8.19. The van der Waals surface area contributed by atoms with E-state index >= 15 is 0 Å². The summed E-state index contributed by atoms with van der Waals surface area (Å²) >= 11 is 1.74. The van der Waals surface area contributed by atoms with Crippen molar-refractivity contribution in [3.8, 4) is 12.3 Å². The van der Waals surface area contributed by atoms with Crippen molar-refractivity contribution in [2.24, 2.45) is 0 Å². The first-order valence-corrected chi connectivity index (χ1v) is 5.10. The maximum atomic E-state index is 5.34. The summed E-state index contributed by atoms with van der Waals surface area (Å²) < 4.78 is 0. The maximum absolute atomic E-state index is 5.34. The van der Waals surface area contributed by atoms with E-state index in [2.05, 4.69) is 36.4 Å². The highest BCUT2D eigenvalue weighted by molar-refractivity contribution is 7.98. The molecule has 0 saturated carbocycles. The van der Waals surface area contributed by atoms with Crippen LogP contribution in [-0.2, 0) is 0 Å². The molecular weight excluding hydrogens is 164 g/mol. The Hall–Kier alpha value is -0.870. The van der Waals surface area contributed by atoms with Crippen LogP contribution >= 0.6 is 11.8 Å². The zero-order chi connectivity index (χ0) is 8.97. The molecule has 1 unspecified atom stereocenters. The highest BCUT2D eigenvalue weighted by Gasteiger charge is 2.00. The standard InChI is InChI=1S/C11H12S/c1-4-9(2)10-6-5-7-11(8-10)12-3/h1,5-9H,2-3H3. The van der Waals surface area contributed by atoms with Crippen molar-refractivity contribution < 1.29 is 0 Å². The van der Waals surface area contributed by atoms with Gasteiger partial charge in [0, 0.05) is 10.8 Å². The van der Waals surface area contributed by atoms with E-state index in [1.165, 1.54) is 10.5 Å². The second-order valence-electron chi connectivity index (χ2n) is 2.66. The van der Waals surface area contributed by atoms with Gasteiger partial charge in [0.2, 0.25) is 0 Å². The summed E-state index contributed by atoms with van der Waals surface area (Å²) in [5, 5.41) is 0. The van der Waals surface area contributed by atoms with E-state index in [0.717, 1.165) is 0 Å². The number of terminal acetylenes is 1. The van der Waals surface area contributed by atoms with E-state index < -0.39 is 0 Å². The molecule has 0 fully saturated rings. The van der Waals surface area contributed by atoms with Crippen molar-refractivity contribution in [1.82, 2.24) is 0 Å². The van der Waals surface area contributed by atoms with E-state index in [-0.39, 0.29) is 5.92 Å². The van der Waals surface area contributed by atoms with Crippen LogP contribution in [0.3, 0.4) is 0 Å². The average Bonchev–Trinajstić information content (AvgIpc) is 2.17. The third-order valence-corrected chi connectivity index (χ3v) is 2.57. The molecule has 1 aromatic carbocycles. The monoisotopic (exact) mass is 176 g/mol. The van der Waals surface area contributed by atoms with E-state index in [0.29, 0.717) is 0 Å². The van der Waals surface area contributed by atoms with Crippen LogP contribution in [0.2, 0.25) is 0 Å². The molecule has 0 saturated heterocycles.